The molecule has 2 heterocycles. The predicted molar refractivity (Wildman–Crippen MR) is 93.5 cm³/mol. The van der Waals surface area contributed by atoms with Crippen molar-refractivity contribution in [2.75, 3.05) is 26.3 Å². The van der Waals surface area contributed by atoms with E-state index in [0.29, 0.717) is 25.0 Å². The number of rotatable bonds is 5. The van der Waals surface area contributed by atoms with E-state index in [2.05, 4.69) is 26.0 Å². The van der Waals surface area contributed by atoms with Crippen LogP contribution < -0.4 is 0 Å². The third-order valence-electron chi connectivity index (χ3n) is 5.22. The molecule has 4 heteroatoms. The second-order valence-electron chi connectivity index (χ2n) is 7.34. The van der Waals surface area contributed by atoms with Gasteiger partial charge in [-0.15, -0.1) is 0 Å². The van der Waals surface area contributed by atoms with Crippen molar-refractivity contribution in [2.24, 2.45) is 17.8 Å². The number of hydrogen-bond donors (Lipinski definition) is 0. The van der Waals surface area contributed by atoms with E-state index in [1.807, 2.05) is 23.1 Å². The molecule has 0 aromatic heterocycles. The second-order valence-corrected chi connectivity index (χ2v) is 7.34. The summed E-state index contributed by atoms with van der Waals surface area (Å²) in [5.41, 5.74) is 1.24. The zero-order chi connectivity index (χ0) is 16.9. The van der Waals surface area contributed by atoms with Crippen molar-refractivity contribution in [3.8, 4) is 0 Å². The smallest absolute Gasteiger partial charge is 0.226 e. The number of amides is 1. The molecule has 1 amide bonds. The standard InChI is InChI=1S/C20H29NO3/c1-15(2)18(13-16-7-4-3-5-8-16)19(22)21-10-6-9-17(14-21)20-23-11-12-24-20/h3-5,7-8,15,17-18,20H,6,9-14H2,1-2H3/t17-,18+/m0/s1. The number of benzene rings is 1. The van der Waals surface area contributed by atoms with Gasteiger partial charge in [-0.2, -0.15) is 0 Å². The molecular formula is C20H29NO3. The van der Waals surface area contributed by atoms with Crippen LogP contribution in [0.5, 0.6) is 0 Å². The Kier molecular flexibility index (Phi) is 5.90. The largest absolute Gasteiger partial charge is 0.350 e. The van der Waals surface area contributed by atoms with Gasteiger partial charge in [-0.3, -0.25) is 4.79 Å². The summed E-state index contributed by atoms with van der Waals surface area (Å²) in [6.07, 6.45) is 2.82. The molecule has 2 fully saturated rings. The van der Waals surface area contributed by atoms with E-state index >= 15 is 0 Å². The molecule has 2 atom stereocenters. The Bertz CT molecular complexity index is 525. The van der Waals surface area contributed by atoms with Gasteiger partial charge in [-0.05, 0) is 30.7 Å². The predicted octanol–water partition coefficient (Wildman–Crippen LogP) is 3.11. The van der Waals surface area contributed by atoms with E-state index in [1.165, 1.54) is 5.56 Å². The zero-order valence-corrected chi connectivity index (χ0v) is 14.8. The first kappa shape index (κ1) is 17.4. The first-order valence-electron chi connectivity index (χ1n) is 9.21. The molecule has 2 aliphatic rings. The van der Waals surface area contributed by atoms with Gasteiger partial charge in [0.2, 0.25) is 5.91 Å². The van der Waals surface area contributed by atoms with Gasteiger partial charge >= 0.3 is 0 Å². The highest BCUT2D eigenvalue weighted by Gasteiger charge is 2.35. The fourth-order valence-electron chi connectivity index (χ4n) is 3.79. The number of carbonyl (C=O) groups excluding carboxylic acids is 1. The molecule has 4 nitrogen and oxygen atoms in total. The first-order valence-corrected chi connectivity index (χ1v) is 9.21. The number of ether oxygens (including phenoxy) is 2. The molecule has 0 aliphatic carbocycles. The lowest BCUT2D eigenvalue weighted by Gasteiger charge is -2.37. The molecule has 3 rings (SSSR count). The van der Waals surface area contributed by atoms with Crippen molar-refractivity contribution in [2.45, 2.75) is 39.4 Å². The summed E-state index contributed by atoms with van der Waals surface area (Å²) in [5.74, 6) is 0.972. The Balaban J connectivity index is 1.65. The van der Waals surface area contributed by atoms with Crippen LogP contribution >= 0.6 is 0 Å². The fourth-order valence-corrected chi connectivity index (χ4v) is 3.79. The number of hydrogen-bond acceptors (Lipinski definition) is 3. The summed E-state index contributed by atoms with van der Waals surface area (Å²) in [5, 5.41) is 0. The molecule has 0 bridgehead atoms. The molecule has 2 aliphatic heterocycles. The van der Waals surface area contributed by atoms with Gasteiger partial charge in [0, 0.05) is 24.9 Å². The number of nitrogens with zero attached hydrogens (tertiary/aromatic N) is 1. The summed E-state index contributed by atoms with van der Waals surface area (Å²) in [4.78, 5) is 15.2. The quantitative estimate of drug-likeness (QED) is 0.832. The minimum Gasteiger partial charge on any atom is -0.350 e. The molecule has 132 valence electrons. The highest BCUT2D eigenvalue weighted by molar-refractivity contribution is 5.79. The van der Waals surface area contributed by atoms with Gasteiger partial charge in [0.05, 0.1) is 13.2 Å². The molecule has 24 heavy (non-hydrogen) atoms. The van der Waals surface area contributed by atoms with Crippen molar-refractivity contribution in [1.29, 1.82) is 0 Å². The van der Waals surface area contributed by atoms with Crippen LogP contribution in [0.25, 0.3) is 0 Å². The zero-order valence-electron chi connectivity index (χ0n) is 14.8. The van der Waals surface area contributed by atoms with Gasteiger partial charge in [0.15, 0.2) is 6.29 Å². The normalized spacial score (nSPS) is 23.6. The second kappa shape index (κ2) is 8.13. The topological polar surface area (TPSA) is 38.8 Å². The summed E-state index contributed by atoms with van der Waals surface area (Å²) < 4.78 is 11.3. The Morgan fingerprint density at radius 3 is 2.58 bits per heavy atom. The molecule has 0 saturated carbocycles. The van der Waals surface area contributed by atoms with E-state index in [-0.39, 0.29) is 18.1 Å². The van der Waals surface area contributed by atoms with Crippen LogP contribution in [0.2, 0.25) is 0 Å². The minimum atomic E-state index is -0.118. The molecule has 0 radical (unpaired) electrons. The van der Waals surface area contributed by atoms with Crippen LogP contribution in [0.15, 0.2) is 30.3 Å². The van der Waals surface area contributed by atoms with Crippen molar-refractivity contribution < 1.29 is 14.3 Å². The summed E-state index contributed by atoms with van der Waals surface area (Å²) in [6, 6.07) is 10.3. The molecule has 1 aromatic rings. The maximum absolute atomic E-state index is 13.1. The van der Waals surface area contributed by atoms with E-state index in [0.717, 1.165) is 32.4 Å². The summed E-state index contributed by atoms with van der Waals surface area (Å²) >= 11 is 0. The maximum Gasteiger partial charge on any atom is 0.226 e. The van der Waals surface area contributed by atoms with E-state index < -0.39 is 0 Å². The van der Waals surface area contributed by atoms with Gasteiger partial charge in [-0.1, -0.05) is 44.2 Å². The number of piperidine rings is 1. The van der Waals surface area contributed by atoms with Crippen molar-refractivity contribution in [1.82, 2.24) is 4.90 Å². The van der Waals surface area contributed by atoms with Crippen LogP contribution in [-0.2, 0) is 20.7 Å². The lowest BCUT2D eigenvalue weighted by Crippen LogP contribution is -2.47. The maximum atomic E-state index is 13.1. The molecule has 1 aromatic carbocycles. The Morgan fingerprint density at radius 1 is 1.21 bits per heavy atom. The average molecular weight is 331 g/mol. The fraction of sp³-hybridized carbons (Fsp3) is 0.650. The van der Waals surface area contributed by atoms with Gasteiger partial charge in [0.1, 0.15) is 0 Å². The average Bonchev–Trinajstić information content (AvgIpc) is 3.14. The van der Waals surface area contributed by atoms with Crippen molar-refractivity contribution in [3.05, 3.63) is 35.9 Å². The Morgan fingerprint density at radius 2 is 1.92 bits per heavy atom. The highest BCUT2D eigenvalue weighted by atomic mass is 16.7. The SMILES string of the molecule is CC(C)[C@@H](Cc1ccccc1)C(=O)N1CCC[C@H](C2OCCO2)C1. The van der Waals surface area contributed by atoms with Crippen molar-refractivity contribution in [3.63, 3.8) is 0 Å². The Hall–Kier alpha value is -1.39. The molecule has 0 unspecified atom stereocenters. The van der Waals surface area contributed by atoms with E-state index in [9.17, 15) is 4.79 Å². The van der Waals surface area contributed by atoms with Crippen LogP contribution in [0.4, 0.5) is 0 Å². The van der Waals surface area contributed by atoms with Gasteiger partial charge in [0.25, 0.3) is 0 Å². The number of carbonyl (C=O) groups is 1. The summed E-state index contributed by atoms with van der Waals surface area (Å²) in [6.45, 7) is 7.28. The van der Waals surface area contributed by atoms with Gasteiger partial charge < -0.3 is 14.4 Å². The van der Waals surface area contributed by atoms with Crippen molar-refractivity contribution >= 4 is 5.91 Å². The van der Waals surface area contributed by atoms with Crippen LogP contribution in [0.1, 0.15) is 32.3 Å². The third-order valence-corrected chi connectivity index (χ3v) is 5.22. The van der Waals surface area contributed by atoms with Gasteiger partial charge in [-0.25, -0.2) is 0 Å². The van der Waals surface area contributed by atoms with E-state index in [4.69, 9.17) is 9.47 Å². The molecular weight excluding hydrogens is 302 g/mol. The van der Waals surface area contributed by atoms with Crippen LogP contribution in [-0.4, -0.2) is 43.4 Å². The number of likely N-dealkylation sites (tertiary alicyclic amines) is 1. The molecule has 0 spiro atoms. The van der Waals surface area contributed by atoms with E-state index in [1.54, 1.807) is 0 Å². The Labute approximate surface area is 145 Å². The van der Waals surface area contributed by atoms with Crippen LogP contribution in [0, 0.1) is 17.8 Å². The minimum absolute atomic E-state index is 0.0385. The molecule has 2 saturated heterocycles. The lowest BCUT2D eigenvalue weighted by molar-refractivity contribution is -0.144. The first-order chi connectivity index (χ1) is 11.6. The van der Waals surface area contributed by atoms with Crippen LogP contribution in [0.3, 0.4) is 0 Å². The highest BCUT2D eigenvalue weighted by Crippen LogP contribution is 2.28. The third kappa shape index (κ3) is 4.17. The monoisotopic (exact) mass is 331 g/mol. The lowest BCUT2D eigenvalue weighted by atomic mass is 9.86. The summed E-state index contributed by atoms with van der Waals surface area (Å²) in [7, 11) is 0. The molecule has 0 N–H and O–H groups in total.